The molecule has 2 aromatic carbocycles. The summed E-state index contributed by atoms with van der Waals surface area (Å²) in [5.74, 6) is -0.800. The van der Waals surface area contributed by atoms with Gasteiger partial charge < -0.3 is 19.5 Å². The highest BCUT2D eigenvalue weighted by atomic mass is 35.5. The highest BCUT2D eigenvalue weighted by molar-refractivity contribution is 6.31. The van der Waals surface area contributed by atoms with Gasteiger partial charge in [0.2, 0.25) is 5.91 Å². The average Bonchev–Trinajstić information content (AvgIpc) is 3.13. The molecule has 1 saturated heterocycles. The van der Waals surface area contributed by atoms with Gasteiger partial charge in [-0.2, -0.15) is 0 Å². The molecule has 0 atom stereocenters. The molecule has 11 heteroatoms. The van der Waals surface area contributed by atoms with E-state index in [0.717, 1.165) is 38.4 Å². The number of rotatable bonds is 8. The molecule has 0 aliphatic carbocycles. The highest BCUT2D eigenvalue weighted by Crippen LogP contribution is 2.30. The minimum absolute atomic E-state index is 0.149. The van der Waals surface area contributed by atoms with Crippen molar-refractivity contribution in [1.29, 1.82) is 0 Å². The maximum absolute atomic E-state index is 12.7. The monoisotopic (exact) mass is 487 g/mol. The van der Waals surface area contributed by atoms with Gasteiger partial charge in [0.1, 0.15) is 0 Å². The third kappa shape index (κ3) is 5.23. The van der Waals surface area contributed by atoms with Crippen LogP contribution < -0.4 is 16.0 Å². The van der Waals surface area contributed by atoms with Crippen LogP contribution in [0.3, 0.4) is 0 Å². The lowest BCUT2D eigenvalue weighted by Gasteiger charge is -2.36. The fraction of sp³-hybridized carbons (Fsp3) is 0.391. The van der Waals surface area contributed by atoms with Crippen LogP contribution in [0.1, 0.15) is 19.8 Å². The molecule has 0 spiro atoms. The molecule has 0 radical (unpaired) electrons. The Balaban J connectivity index is 1.39. The summed E-state index contributed by atoms with van der Waals surface area (Å²) < 4.78 is 6.51. The fourth-order valence-corrected chi connectivity index (χ4v) is 4.35. The molecule has 1 aromatic heterocycles. The van der Waals surface area contributed by atoms with Crippen molar-refractivity contribution in [3.63, 3.8) is 0 Å². The van der Waals surface area contributed by atoms with E-state index < -0.39 is 10.7 Å². The maximum Gasteiger partial charge on any atom is 0.419 e. The van der Waals surface area contributed by atoms with Crippen molar-refractivity contribution in [2.24, 2.45) is 0 Å². The Labute approximate surface area is 200 Å². The summed E-state index contributed by atoms with van der Waals surface area (Å²) in [6.07, 6.45) is 0.574. The first-order chi connectivity index (χ1) is 16.4. The first kappa shape index (κ1) is 23.8. The van der Waals surface area contributed by atoms with Gasteiger partial charge >= 0.3 is 5.76 Å². The van der Waals surface area contributed by atoms with Crippen LogP contribution in [-0.2, 0) is 11.3 Å². The Morgan fingerprint density at radius 1 is 1.18 bits per heavy atom. The van der Waals surface area contributed by atoms with Crippen molar-refractivity contribution in [2.75, 3.05) is 42.9 Å². The number of hydrogen-bond donors (Lipinski definition) is 1. The zero-order chi connectivity index (χ0) is 24.2. The van der Waals surface area contributed by atoms with Gasteiger partial charge in [-0.15, -0.1) is 0 Å². The highest BCUT2D eigenvalue weighted by Gasteiger charge is 2.20. The number of anilines is 2. The lowest BCUT2D eigenvalue weighted by Crippen LogP contribution is -2.46. The Kier molecular flexibility index (Phi) is 7.18. The summed E-state index contributed by atoms with van der Waals surface area (Å²) in [5.41, 5.74) is 2.06. The maximum atomic E-state index is 12.7. The van der Waals surface area contributed by atoms with Gasteiger partial charge in [0.05, 0.1) is 27.9 Å². The van der Waals surface area contributed by atoms with Gasteiger partial charge in [0.25, 0.3) is 5.69 Å². The summed E-state index contributed by atoms with van der Waals surface area (Å²) in [4.78, 5) is 39.9. The number of likely N-dealkylation sites (N-methyl/N-ethyl adjacent to an activating group) is 1. The number of aryl methyl sites for hydroxylation is 1. The summed E-state index contributed by atoms with van der Waals surface area (Å²) in [6, 6.07) is 9.52. The van der Waals surface area contributed by atoms with E-state index in [1.165, 1.54) is 22.8 Å². The van der Waals surface area contributed by atoms with Crippen LogP contribution in [-0.4, -0.2) is 53.0 Å². The number of amides is 1. The number of benzene rings is 2. The van der Waals surface area contributed by atoms with Crippen molar-refractivity contribution in [3.05, 3.63) is 62.1 Å². The lowest BCUT2D eigenvalue weighted by atomic mass is 10.2. The number of nitro benzene ring substituents is 1. The second-order valence-corrected chi connectivity index (χ2v) is 8.60. The Bertz CT molecular complexity index is 1260. The minimum Gasteiger partial charge on any atom is -0.407 e. The van der Waals surface area contributed by atoms with Crippen LogP contribution in [0.15, 0.2) is 45.6 Å². The van der Waals surface area contributed by atoms with Crippen LogP contribution in [0.25, 0.3) is 11.1 Å². The molecule has 3 aromatic rings. The van der Waals surface area contributed by atoms with E-state index in [4.69, 9.17) is 16.0 Å². The number of halogens is 1. The topological polar surface area (TPSA) is 114 Å². The summed E-state index contributed by atoms with van der Waals surface area (Å²) in [5, 5.41) is 14.4. The molecule has 4 rings (SSSR count). The minimum atomic E-state index is -0.612. The number of hydrogen-bond acceptors (Lipinski definition) is 7. The van der Waals surface area contributed by atoms with Crippen molar-refractivity contribution < 1.29 is 14.1 Å². The summed E-state index contributed by atoms with van der Waals surface area (Å²) in [6.45, 7) is 7.07. The Morgan fingerprint density at radius 3 is 2.65 bits per heavy atom. The summed E-state index contributed by atoms with van der Waals surface area (Å²) >= 11 is 6.19. The molecule has 180 valence electrons. The number of carbonyl (C=O) groups is 1. The van der Waals surface area contributed by atoms with Gasteiger partial charge in [-0.05, 0) is 37.2 Å². The number of nitrogens with zero attached hydrogens (tertiary/aromatic N) is 4. The van der Waals surface area contributed by atoms with E-state index in [2.05, 4.69) is 22.0 Å². The van der Waals surface area contributed by atoms with Gasteiger partial charge in [0, 0.05) is 50.2 Å². The molecule has 0 saturated carbocycles. The molecule has 1 aliphatic rings. The van der Waals surface area contributed by atoms with Crippen molar-refractivity contribution in [2.45, 2.75) is 26.3 Å². The van der Waals surface area contributed by atoms with Crippen LogP contribution in [0.2, 0.25) is 5.02 Å². The second kappa shape index (κ2) is 10.3. The van der Waals surface area contributed by atoms with E-state index in [9.17, 15) is 19.7 Å². The van der Waals surface area contributed by atoms with Crippen molar-refractivity contribution in [1.82, 2.24) is 9.47 Å². The molecule has 10 nitrogen and oxygen atoms in total. The zero-order valence-electron chi connectivity index (χ0n) is 18.8. The number of aromatic nitrogens is 1. The molecule has 1 amide bonds. The molecule has 1 fully saturated rings. The standard InChI is InChI=1S/C23H26ClN5O5/c1-2-26-10-12-27(13-11-26)19-7-5-16(24)14-18(19)25-22(30)4-3-9-28-20-8-6-17(29(32)33)15-21(20)34-23(28)31/h5-8,14-15H,2-4,9-13H2,1H3,(H,25,30). The Morgan fingerprint density at radius 2 is 1.94 bits per heavy atom. The molecular weight excluding hydrogens is 462 g/mol. The van der Waals surface area contributed by atoms with Gasteiger partial charge in [-0.1, -0.05) is 18.5 Å². The SMILES string of the molecule is CCN1CCN(c2ccc(Cl)cc2NC(=O)CCCn2c(=O)oc3cc([N+](=O)[O-])ccc32)CC1. The number of fused-ring (bicyclic) bond motifs is 1. The first-order valence-corrected chi connectivity index (χ1v) is 11.6. The van der Waals surface area contributed by atoms with Crippen LogP contribution >= 0.6 is 11.6 Å². The number of piperazine rings is 1. The molecule has 0 bridgehead atoms. The van der Waals surface area contributed by atoms with E-state index >= 15 is 0 Å². The fourth-order valence-electron chi connectivity index (χ4n) is 4.18. The normalized spacial score (nSPS) is 14.5. The van der Waals surface area contributed by atoms with Gasteiger partial charge in [-0.3, -0.25) is 19.5 Å². The molecular formula is C23H26ClN5O5. The smallest absolute Gasteiger partial charge is 0.407 e. The second-order valence-electron chi connectivity index (χ2n) is 8.16. The Hall–Kier alpha value is -3.37. The van der Waals surface area contributed by atoms with E-state index in [1.54, 1.807) is 6.07 Å². The molecule has 34 heavy (non-hydrogen) atoms. The average molecular weight is 488 g/mol. The largest absolute Gasteiger partial charge is 0.419 e. The molecule has 1 N–H and O–H groups in total. The zero-order valence-corrected chi connectivity index (χ0v) is 19.6. The van der Waals surface area contributed by atoms with E-state index in [0.29, 0.717) is 22.6 Å². The predicted octanol–water partition coefficient (Wildman–Crippen LogP) is 3.72. The van der Waals surface area contributed by atoms with E-state index in [-0.39, 0.29) is 30.1 Å². The first-order valence-electron chi connectivity index (χ1n) is 11.2. The molecule has 0 unspecified atom stereocenters. The molecule has 1 aliphatic heterocycles. The third-order valence-corrected chi connectivity index (χ3v) is 6.28. The van der Waals surface area contributed by atoms with Crippen LogP contribution in [0.5, 0.6) is 0 Å². The van der Waals surface area contributed by atoms with Gasteiger partial charge in [-0.25, -0.2) is 4.79 Å². The third-order valence-electron chi connectivity index (χ3n) is 6.04. The predicted molar refractivity (Wildman–Crippen MR) is 131 cm³/mol. The summed E-state index contributed by atoms with van der Waals surface area (Å²) in [7, 11) is 0. The number of nitrogens with one attached hydrogen (secondary N) is 1. The van der Waals surface area contributed by atoms with E-state index in [1.807, 2.05) is 12.1 Å². The van der Waals surface area contributed by atoms with Crippen LogP contribution in [0.4, 0.5) is 17.1 Å². The van der Waals surface area contributed by atoms with Crippen LogP contribution in [0, 0.1) is 10.1 Å². The van der Waals surface area contributed by atoms with Crippen molar-refractivity contribution >= 4 is 45.7 Å². The number of carbonyl (C=O) groups excluding carboxylic acids is 1. The van der Waals surface area contributed by atoms with Gasteiger partial charge in [0.15, 0.2) is 5.58 Å². The number of non-ortho nitro benzene ring substituents is 1. The molecule has 2 heterocycles. The number of nitro groups is 1. The van der Waals surface area contributed by atoms with Crippen molar-refractivity contribution in [3.8, 4) is 0 Å². The quantitative estimate of drug-likeness (QED) is 0.380. The number of oxazole rings is 1. The lowest BCUT2D eigenvalue weighted by molar-refractivity contribution is -0.384.